The van der Waals surface area contributed by atoms with Crippen LogP contribution in [-0.4, -0.2) is 47.3 Å². The quantitative estimate of drug-likeness (QED) is 0.818. The third-order valence-corrected chi connectivity index (χ3v) is 5.72. The van der Waals surface area contributed by atoms with Gasteiger partial charge in [-0.05, 0) is 36.1 Å². The minimum absolute atomic E-state index is 0.00749. The van der Waals surface area contributed by atoms with Gasteiger partial charge in [0.15, 0.2) is 15.7 Å². The summed E-state index contributed by atoms with van der Waals surface area (Å²) in [6.07, 6.45) is 5.74. The zero-order valence-corrected chi connectivity index (χ0v) is 13.9. The maximum atomic E-state index is 11.8. The summed E-state index contributed by atoms with van der Waals surface area (Å²) in [6.45, 7) is 0.728. The van der Waals surface area contributed by atoms with Gasteiger partial charge in [-0.25, -0.2) is 22.9 Å². The van der Waals surface area contributed by atoms with Crippen LogP contribution >= 0.6 is 0 Å². The summed E-state index contributed by atoms with van der Waals surface area (Å²) in [7, 11) is -2.91. The highest BCUT2D eigenvalue weighted by molar-refractivity contribution is 7.91. The lowest BCUT2D eigenvalue weighted by Gasteiger charge is -2.11. The van der Waals surface area contributed by atoms with E-state index in [0.717, 1.165) is 5.56 Å². The van der Waals surface area contributed by atoms with E-state index < -0.39 is 9.84 Å². The molecule has 0 radical (unpaired) electrons. The third kappa shape index (κ3) is 4.31. The Labute approximate surface area is 140 Å². The van der Waals surface area contributed by atoms with Gasteiger partial charge in [0.1, 0.15) is 0 Å². The molecule has 2 N–H and O–H groups in total. The van der Waals surface area contributed by atoms with Gasteiger partial charge in [-0.3, -0.25) is 0 Å². The molecule has 1 saturated heterocycles. The second-order valence-corrected chi connectivity index (χ2v) is 8.03. The van der Waals surface area contributed by atoms with Gasteiger partial charge in [-0.15, -0.1) is 0 Å². The number of hydrogen-bond acceptors (Lipinski definition) is 5. The molecule has 0 bridgehead atoms. The van der Waals surface area contributed by atoms with E-state index in [2.05, 4.69) is 20.7 Å². The van der Waals surface area contributed by atoms with Gasteiger partial charge < -0.3 is 10.6 Å². The largest absolute Gasteiger partial charge is 0.338 e. The number of aromatic nitrogens is 3. The molecule has 0 spiro atoms. The molecule has 128 valence electrons. The van der Waals surface area contributed by atoms with Gasteiger partial charge in [0.05, 0.1) is 11.5 Å². The van der Waals surface area contributed by atoms with Crippen LogP contribution in [0.15, 0.2) is 36.8 Å². The SMILES string of the molecule is O=C(NCc1ccnc(-n2cccn2)c1)NC[C@H]1CCS(=O)(=O)C1. The number of hydrogen-bond donors (Lipinski definition) is 2. The fourth-order valence-corrected chi connectivity index (χ4v) is 4.48. The number of sulfone groups is 1. The maximum absolute atomic E-state index is 11.8. The van der Waals surface area contributed by atoms with Crippen molar-refractivity contribution >= 4 is 15.9 Å². The van der Waals surface area contributed by atoms with Crippen molar-refractivity contribution < 1.29 is 13.2 Å². The Morgan fingerprint density at radius 3 is 2.92 bits per heavy atom. The molecule has 9 heteroatoms. The smallest absolute Gasteiger partial charge is 0.315 e. The Morgan fingerprint density at radius 1 is 1.33 bits per heavy atom. The van der Waals surface area contributed by atoms with Crippen molar-refractivity contribution in [3.05, 3.63) is 42.4 Å². The molecule has 0 saturated carbocycles. The van der Waals surface area contributed by atoms with Crippen molar-refractivity contribution in [1.29, 1.82) is 0 Å². The number of urea groups is 1. The summed E-state index contributed by atoms with van der Waals surface area (Å²) in [5.74, 6) is 1.06. The van der Waals surface area contributed by atoms with Crippen LogP contribution in [0.25, 0.3) is 5.82 Å². The average Bonchev–Trinajstić information content (AvgIpc) is 3.21. The van der Waals surface area contributed by atoms with E-state index in [1.54, 1.807) is 23.3 Å². The molecular formula is C15H19N5O3S. The number of pyridine rings is 1. The number of nitrogens with one attached hydrogen (secondary N) is 2. The number of nitrogens with zero attached hydrogens (tertiary/aromatic N) is 3. The van der Waals surface area contributed by atoms with E-state index in [9.17, 15) is 13.2 Å². The summed E-state index contributed by atoms with van der Waals surface area (Å²) in [5.41, 5.74) is 0.897. The van der Waals surface area contributed by atoms with Gasteiger partial charge >= 0.3 is 6.03 Å². The molecule has 0 aromatic carbocycles. The van der Waals surface area contributed by atoms with E-state index in [1.165, 1.54) is 0 Å². The van der Waals surface area contributed by atoms with E-state index in [4.69, 9.17) is 0 Å². The Bertz CT molecular complexity index is 804. The number of carbonyl (C=O) groups is 1. The first-order valence-corrected chi connectivity index (χ1v) is 9.51. The predicted octanol–water partition coefficient (Wildman–Crippen LogP) is 0.501. The monoisotopic (exact) mass is 349 g/mol. The standard InChI is InChI=1S/C15H19N5O3S/c21-15(18-10-13-3-7-24(22,23)11-13)17-9-12-2-5-16-14(8-12)20-6-1-4-19-20/h1-2,4-6,8,13H,3,7,9-11H2,(H2,17,18,21)/t13-/m1/s1. The molecule has 1 aliphatic heterocycles. The molecule has 24 heavy (non-hydrogen) atoms. The van der Waals surface area contributed by atoms with Gasteiger partial charge in [0.2, 0.25) is 0 Å². The molecule has 3 rings (SSSR count). The molecule has 0 aliphatic carbocycles. The van der Waals surface area contributed by atoms with Crippen molar-refractivity contribution in [2.24, 2.45) is 5.92 Å². The molecule has 2 amide bonds. The van der Waals surface area contributed by atoms with Gasteiger partial charge in [0, 0.05) is 31.7 Å². The van der Waals surface area contributed by atoms with Crippen molar-refractivity contribution in [2.75, 3.05) is 18.1 Å². The Kier molecular flexibility index (Phi) is 4.79. The first-order chi connectivity index (χ1) is 11.5. The van der Waals surface area contributed by atoms with E-state index in [0.29, 0.717) is 25.3 Å². The highest BCUT2D eigenvalue weighted by Gasteiger charge is 2.27. The summed E-state index contributed by atoms with van der Waals surface area (Å²) in [6, 6.07) is 5.16. The van der Waals surface area contributed by atoms with Crippen LogP contribution in [0.4, 0.5) is 4.79 Å². The minimum atomic E-state index is -2.91. The normalized spacial score (nSPS) is 19.1. The molecule has 1 aliphatic rings. The fraction of sp³-hybridized carbons (Fsp3) is 0.400. The van der Waals surface area contributed by atoms with Crippen molar-refractivity contribution in [3.8, 4) is 5.82 Å². The Hall–Kier alpha value is -2.42. The molecule has 1 fully saturated rings. The minimum Gasteiger partial charge on any atom is -0.338 e. The first-order valence-electron chi connectivity index (χ1n) is 7.69. The number of amides is 2. The van der Waals surface area contributed by atoms with Crippen molar-refractivity contribution in [2.45, 2.75) is 13.0 Å². The van der Waals surface area contributed by atoms with Crippen LogP contribution in [0, 0.1) is 5.92 Å². The summed E-state index contributed by atoms with van der Waals surface area (Å²) in [5, 5.41) is 9.60. The molecular weight excluding hydrogens is 330 g/mol. The third-order valence-electron chi connectivity index (χ3n) is 3.88. The lowest BCUT2D eigenvalue weighted by molar-refractivity contribution is 0.239. The van der Waals surface area contributed by atoms with Crippen LogP contribution < -0.4 is 10.6 Å². The fourth-order valence-electron chi connectivity index (χ4n) is 2.62. The van der Waals surface area contributed by atoms with Crippen LogP contribution in [0.5, 0.6) is 0 Å². The Morgan fingerprint density at radius 2 is 2.21 bits per heavy atom. The summed E-state index contributed by atoms with van der Waals surface area (Å²) >= 11 is 0. The number of carbonyl (C=O) groups excluding carboxylic acids is 1. The molecule has 2 aromatic rings. The number of rotatable bonds is 5. The van der Waals surface area contributed by atoms with E-state index in [1.807, 2.05) is 18.2 Å². The average molecular weight is 349 g/mol. The molecule has 1 atom stereocenters. The summed E-state index contributed by atoms with van der Waals surface area (Å²) < 4.78 is 24.4. The second-order valence-electron chi connectivity index (χ2n) is 5.81. The lowest BCUT2D eigenvalue weighted by atomic mass is 10.1. The highest BCUT2D eigenvalue weighted by atomic mass is 32.2. The molecule has 0 unspecified atom stereocenters. The van der Waals surface area contributed by atoms with Crippen molar-refractivity contribution in [1.82, 2.24) is 25.4 Å². The topological polar surface area (TPSA) is 106 Å². The maximum Gasteiger partial charge on any atom is 0.315 e. The zero-order chi connectivity index (χ0) is 17.0. The van der Waals surface area contributed by atoms with Crippen molar-refractivity contribution in [3.63, 3.8) is 0 Å². The van der Waals surface area contributed by atoms with E-state index >= 15 is 0 Å². The molecule has 8 nitrogen and oxygen atoms in total. The lowest BCUT2D eigenvalue weighted by Crippen LogP contribution is -2.38. The van der Waals surface area contributed by atoms with Crippen LogP contribution in [0.2, 0.25) is 0 Å². The van der Waals surface area contributed by atoms with Gasteiger partial charge in [-0.1, -0.05) is 0 Å². The van der Waals surface area contributed by atoms with Crippen LogP contribution in [-0.2, 0) is 16.4 Å². The zero-order valence-electron chi connectivity index (χ0n) is 13.1. The first kappa shape index (κ1) is 16.4. The van der Waals surface area contributed by atoms with E-state index in [-0.39, 0.29) is 23.5 Å². The van der Waals surface area contributed by atoms with Crippen LogP contribution in [0.1, 0.15) is 12.0 Å². The molecule has 3 heterocycles. The van der Waals surface area contributed by atoms with Gasteiger partial charge in [-0.2, -0.15) is 5.10 Å². The van der Waals surface area contributed by atoms with Crippen LogP contribution in [0.3, 0.4) is 0 Å². The highest BCUT2D eigenvalue weighted by Crippen LogP contribution is 2.17. The summed E-state index contributed by atoms with van der Waals surface area (Å²) in [4.78, 5) is 16.1. The second kappa shape index (κ2) is 7.00. The molecule has 2 aromatic heterocycles. The van der Waals surface area contributed by atoms with Gasteiger partial charge in [0.25, 0.3) is 0 Å². The predicted molar refractivity (Wildman–Crippen MR) is 88.4 cm³/mol. The Balaban J connectivity index is 1.47.